The van der Waals surface area contributed by atoms with Crippen LogP contribution in [0.1, 0.15) is 16.1 Å². The van der Waals surface area contributed by atoms with Gasteiger partial charge in [-0.05, 0) is 42.0 Å². The number of nitrogens with one attached hydrogen (secondary N) is 2. The molecule has 2 aromatic heterocycles. The summed E-state index contributed by atoms with van der Waals surface area (Å²) in [4.78, 5) is 37.4. The lowest BCUT2D eigenvalue weighted by Crippen LogP contribution is -2.51. The molecule has 9 nitrogen and oxygen atoms in total. The van der Waals surface area contributed by atoms with Crippen LogP contribution in [0.15, 0.2) is 54.2 Å². The average Bonchev–Trinajstić information content (AvgIpc) is 3.32. The number of hydrogen-bond donors (Lipinski definition) is 2. The van der Waals surface area contributed by atoms with Crippen molar-refractivity contribution in [3.8, 4) is 5.75 Å². The van der Waals surface area contributed by atoms with Gasteiger partial charge in [-0.15, -0.1) is 11.3 Å². The second-order valence-corrected chi connectivity index (χ2v) is 8.45. The number of pyridine rings is 1. The van der Waals surface area contributed by atoms with E-state index in [0.717, 1.165) is 17.0 Å². The number of thiazole rings is 1. The molecular weight excluding hydrogens is 440 g/mol. The van der Waals surface area contributed by atoms with Gasteiger partial charge in [0.15, 0.2) is 5.13 Å². The molecule has 172 valence electrons. The predicted octanol–water partition coefficient (Wildman–Crippen LogP) is 2.36. The Morgan fingerprint density at radius 1 is 1.06 bits per heavy atom. The van der Waals surface area contributed by atoms with Crippen LogP contribution in [0.5, 0.6) is 5.75 Å². The van der Waals surface area contributed by atoms with E-state index < -0.39 is 0 Å². The topological polar surface area (TPSA) is 99.7 Å². The van der Waals surface area contributed by atoms with Gasteiger partial charge in [0, 0.05) is 56.2 Å². The lowest BCUT2D eigenvalue weighted by Gasteiger charge is -2.33. The van der Waals surface area contributed by atoms with Gasteiger partial charge in [-0.25, -0.2) is 4.98 Å². The van der Waals surface area contributed by atoms with Crippen molar-refractivity contribution in [2.75, 3.05) is 45.2 Å². The van der Waals surface area contributed by atoms with Crippen molar-refractivity contribution in [3.05, 3.63) is 65.4 Å². The number of carbonyl (C=O) groups is 2. The summed E-state index contributed by atoms with van der Waals surface area (Å²) >= 11 is 1.39. The van der Waals surface area contributed by atoms with Gasteiger partial charge in [0.1, 0.15) is 11.4 Å². The van der Waals surface area contributed by atoms with Gasteiger partial charge in [0.05, 0.1) is 13.7 Å². The first-order valence-corrected chi connectivity index (χ1v) is 11.5. The van der Waals surface area contributed by atoms with Crippen molar-refractivity contribution in [3.63, 3.8) is 0 Å². The Labute approximate surface area is 196 Å². The highest BCUT2D eigenvalue weighted by molar-refractivity contribution is 7.14. The molecule has 2 N–H and O–H groups in total. The SMILES string of the molecule is COc1ccc(Nc2nc(C(=O)N3CCN(CC(=O)NCc4ccncc4)CC3)cs2)cc1. The van der Waals surface area contributed by atoms with E-state index in [0.29, 0.717) is 50.1 Å². The second-order valence-electron chi connectivity index (χ2n) is 7.59. The highest BCUT2D eigenvalue weighted by atomic mass is 32.1. The summed E-state index contributed by atoms with van der Waals surface area (Å²) < 4.78 is 5.16. The quantitative estimate of drug-likeness (QED) is 0.526. The van der Waals surface area contributed by atoms with Crippen LogP contribution in [-0.2, 0) is 11.3 Å². The molecule has 1 aliphatic rings. The third kappa shape index (κ3) is 6.27. The van der Waals surface area contributed by atoms with Crippen LogP contribution >= 0.6 is 11.3 Å². The highest BCUT2D eigenvalue weighted by Crippen LogP contribution is 2.23. The molecule has 0 spiro atoms. The number of amides is 2. The molecule has 33 heavy (non-hydrogen) atoms. The van der Waals surface area contributed by atoms with Gasteiger partial charge in [-0.1, -0.05) is 0 Å². The van der Waals surface area contributed by atoms with Gasteiger partial charge < -0.3 is 20.3 Å². The Morgan fingerprint density at radius 3 is 2.48 bits per heavy atom. The zero-order valence-corrected chi connectivity index (χ0v) is 19.2. The predicted molar refractivity (Wildman–Crippen MR) is 127 cm³/mol. The Hall–Kier alpha value is -3.50. The molecule has 3 heterocycles. The number of carbonyl (C=O) groups excluding carboxylic acids is 2. The van der Waals surface area contributed by atoms with Crippen LogP contribution in [0, 0.1) is 0 Å². The van der Waals surface area contributed by atoms with Crippen LogP contribution in [-0.4, -0.2) is 71.4 Å². The molecular formula is C23H26N6O3S. The van der Waals surface area contributed by atoms with Crippen molar-refractivity contribution in [1.29, 1.82) is 0 Å². The van der Waals surface area contributed by atoms with Crippen LogP contribution in [0.4, 0.5) is 10.8 Å². The van der Waals surface area contributed by atoms with E-state index in [1.807, 2.05) is 36.4 Å². The Bertz CT molecular complexity index is 1070. The maximum atomic E-state index is 12.9. The van der Waals surface area contributed by atoms with E-state index in [-0.39, 0.29) is 11.8 Å². The molecule has 3 aromatic rings. The van der Waals surface area contributed by atoms with Crippen molar-refractivity contribution in [1.82, 2.24) is 25.1 Å². The standard InChI is InChI=1S/C23H26N6O3S/c1-32-19-4-2-18(3-5-19)26-23-27-20(16-33-23)22(31)29-12-10-28(11-13-29)15-21(30)25-14-17-6-8-24-9-7-17/h2-9,16H,10-15H2,1H3,(H,25,30)(H,26,27). The van der Waals surface area contributed by atoms with E-state index in [4.69, 9.17) is 4.74 Å². The molecule has 0 aliphatic carbocycles. The smallest absolute Gasteiger partial charge is 0.273 e. The number of rotatable bonds is 8. The fourth-order valence-corrected chi connectivity index (χ4v) is 4.16. The number of anilines is 2. The van der Waals surface area contributed by atoms with E-state index in [2.05, 4.69) is 25.5 Å². The van der Waals surface area contributed by atoms with Crippen molar-refractivity contribution in [2.24, 2.45) is 0 Å². The second kappa shape index (κ2) is 10.9. The van der Waals surface area contributed by atoms with E-state index in [1.54, 1.807) is 29.8 Å². The lowest BCUT2D eigenvalue weighted by atomic mass is 10.2. The number of methoxy groups -OCH3 is 1. The van der Waals surface area contributed by atoms with E-state index in [9.17, 15) is 9.59 Å². The van der Waals surface area contributed by atoms with Crippen LogP contribution in [0.25, 0.3) is 0 Å². The molecule has 0 unspecified atom stereocenters. The molecule has 0 atom stereocenters. The van der Waals surface area contributed by atoms with Gasteiger partial charge in [0.25, 0.3) is 5.91 Å². The van der Waals surface area contributed by atoms with Crippen molar-refractivity contribution in [2.45, 2.75) is 6.54 Å². The van der Waals surface area contributed by atoms with Gasteiger partial charge in [-0.3, -0.25) is 19.5 Å². The normalized spacial score (nSPS) is 14.0. The zero-order valence-electron chi connectivity index (χ0n) is 18.4. The maximum Gasteiger partial charge on any atom is 0.273 e. The third-order valence-electron chi connectivity index (χ3n) is 5.33. The van der Waals surface area contributed by atoms with Crippen molar-refractivity contribution < 1.29 is 14.3 Å². The Kier molecular flexibility index (Phi) is 7.48. The molecule has 4 rings (SSSR count). The largest absolute Gasteiger partial charge is 0.497 e. The fourth-order valence-electron chi connectivity index (χ4n) is 3.46. The number of benzene rings is 1. The maximum absolute atomic E-state index is 12.9. The summed E-state index contributed by atoms with van der Waals surface area (Å²) in [5.41, 5.74) is 2.32. The molecule has 10 heteroatoms. The summed E-state index contributed by atoms with van der Waals surface area (Å²) in [5, 5.41) is 8.57. The van der Waals surface area contributed by atoms with Gasteiger partial charge in [0.2, 0.25) is 5.91 Å². The minimum Gasteiger partial charge on any atom is -0.497 e. The molecule has 1 saturated heterocycles. The molecule has 1 aromatic carbocycles. The van der Waals surface area contributed by atoms with Gasteiger partial charge in [-0.2, -0.15) is 0 Å². The molecule has 1 fully saturated rings. The van der Waals surface area contributed by atoms with E-state index >= 15 is 0 Å². The number of hydrogen-bond acceptors (Lipinski definition) is 8. The summed E-state index contributed by atoms with van der Waals surface area (Å²) in [6.45, 7) is 3.23. The summed E-state index contributed by atoms with van der Waals surface area (Å²) in [6, 6.07) is 11.3. The summed E-state index contributed by atoms with van der Waals surface area (Å²) in [7, 11) is 1.62. The summed E-state index contributed by atoms with van der Waals surface area (Å²) in [5.74, 6) is 0.664. The molecule has 1 aliphatic heterocycles. The zero-order chi connectivity index (χ0) is 23.0. The molecule has 2 amide bonds. The Balaban J connectivity index is 1.22. The number of aromatic nitrogens is 2. The monoisotopic (exact) mass is 466 g/mol. The highest BCUT2D eigenvalue weighted by Gasteiger charge is 2.24. The fraction of sp³-hybridized carbons (Fsp3) is 0.304. The lowest BCUT2D eigenvalue weighted by molar-refractivity contribution is -0.122. The van der Waals surface area contributed by atoms with E-state index in [1.165, 1.54) is 11.3 Å². The summed E-state index contributed by atoms with van der Waals surface area (Å²) in [6.07, 6.45) is 3.41. The minimum absolute atomic E-state index is 0.0275. The average molecular weight is 467 g/mol. The minimum atomic E-state index is -0.0872. The van der Waals surface area contributed by atoms with Crippen LogP contribution in [0.3, 0.4) is 0 Å². The van der Waals surface area contributed by atoms with Crippen molar-refractivity contribution >= 4 is 34.0 Å². The number of ether oxygens (including phenoxy) is 1. The number of nitrogens with zero attached hydrogens (tertiary/aromatic N) is 4. The Morgan fingerprint density at radius 2 is 1.79 bits per heavy atom. The van der Waals surface area contributed by atoms with Crippen LogP contribution < -0.4 is 15.4 Å². The first-order chi connectivity index (χ1) is 16.1. The molecule has 0 bridgehead atoms. The van der Waals surface area contributed by atoms with Crippen LogP contribution in [0.2, 0.25) is 0 Å². The van der Waals surface area contributed by atoms with Gasteiger partial charge >= 0.3 is 0 Å². The third-order valence-corrected chi connectivity index (χ3v) is 6.09. The first kappa shape index (κ1) is 22.7. The molecule has 0 radical (unpaired) electrons. The first-order valence-electron chi connectivity index (χ1n) is 10.6. The molecule has 0 saturated carbocycles. The number of piperazine rings is 1.